The molecule has 0 saturated heterocycles. The van der Waals surface area contributed by atoms with Crippen molar-refractivity contribution >= 4 is 33.5 Å². The molecule has 2 aromatic heterocycles. The Morgan fingerprint density at radius 3 is 2.48 bits per heavy atom. The van der Waals surface area contributed by atoms with Gasteiger partial charge in [0.25, 0.3) is 0 Å². The number of aromatic nitrogens is 3. The molecule has 0 saturated carbocycles. The zero-order chi connectivity index (χ0) is 15.8. The van der Waals surface area contributed by atoms with E-state index in [1.165, 1.54) is 0 Å². The van der Waals surface area contributed by atoms with E-state index in [2.05, 4.69) is 25.4 Å². The van der Waals surface area contributed by atoms with Crippen LogP contribution in [0.1, 0.15) is 10.5 Å². The molecule has 0 bridgehead atoms. The third kappa shape index (κ3) is 2.15. The lowest BCUT2D eigenvalue weighted by Gasteiger charge is -1.91. The predicted molar refractivity (Wildman–Crippen MR) is 84.9 cm³/mol. The van der Waals surface area contributed by atoms with E-state index >= 15 is 0 Å². The average Bonchev–Trinajstić information content (AvgIpc) is 3.15. The molecule has 0 spiro atoms. The van der Waals surface area contributed by atoms with E-state index in [1.54, 1.807) is 24.3 Å². The van der Waals surface area contributed by atoms with Crippen molar-refractivity contribution in [2.75, 3.05) is 0 Å². The fourth-order valence-electron chi connectivity index (χ4n) is 2.45. The molecule has 23 heavy (non-hydrogen) atoms. The van der Waals surface area contributed by atoms with E-state index in [0.29, 0.717) is 10.8 Å². The molecule has 1 amide bonds. The zero-order valence-electron chi connectivity index (χ0n) is 11.8. The minimum atomic E-state index is -0.583. The van der Waals surface area contributed by atoms with Crippen LogP contribution in [0.4, 0.5) is 5.82 Å². The summed E-state index contributed by atoms with van der Waals surface area (Å²) in [7, 11) is 0. The van der Waals surface area contributed by atoms with Crippen molar-refractivity contribution in [3.63, 3.8) is 0 Å². The number of nitrogens with one attached hydrogen (secondary N) is 2. The first kappa shape index (κ1) is 13.2. The predicted octanol–water partition coefficient (Wildman–Crippen LogP) is 3.67. The van der Waals surface area contributed by atoms with Gasteiger partial charge in [0.05, 0.1) is 11.0 Å². The van der Waals surface area contributed by atoms with Crippen molar-refractivity contribution in [2.45, 2.75) is 0 Å². The van der Waals surface area contributed by atoms with Crippen LogP contribution in [0, 0.1) is 0 Å². The number of H-pyrrole nitrogens is 2. The van der Waals surface area contributed by atoms with E-state index < -0.39 is 5.91 Å². The summed E-state index contributed by atoms with van der Waals surface area (Å²) in [5.41, 5.74) is 1.66. The van der Waals surface area contributed by atoms with Crippen molar-refractivity contribution in [3.05, 3.63) is 54.2 Å². The number of benzene rings is 2. The number of carbonyl (C=O) groups excluding carboxylic acids is 1. The number of hydrogen-bond donors (Lipinski definition) is 3. The molecule has 0 aliphatic heterocycles. The molecule has 2 heterocycles. The lowest BCUT2D eigenvalue weighted by Crippen LogP contribution is -1.94. The largest absolute Gasteiger partial charge is 0.504 e. The van der Waals surface area contributed by atoms with E-state index in [1.807, 2.05) is 24.3 Å². The molecule has 0 fully saturated rings. The van der Waals surface area contributed by atoms with Crippen molar-refractivity contribution in [2.24, 2.45) is 10.2 Å². The summed E-state index contributed by atoms with van der Waals surface area (Å²) in [6.07, 6.45) is 0. The fraction of sp³-hybridized carbons (Fsp3) is 0. The quantitative estimate of drug-likeness (QED) is 0.492. The maximum absolute atomic E-state index is 12.2. The molecule has 0 atom stereocenters. The molecule has 0 aliphatic rings. The Morgan fingerprint density at radius 1 is 1.00 bits per heavy atom. The van der Waals surface area contributed by atoms with Crippen molar-refractivity contribution in [1.29, 1.82) is 0 Å². The first-order valence-corrected chi connectivity index (χ1v) is 6.93. The number of carbonyl (C=O) groups is 1. The van der Waals surface area contributed by atoms with Gasteiger partial charge in [-0.3, -0.25) is 9.89 Å². The highest BCUT2D eigenvalue weighted by atomic mass is 16.3. The van der Waals surface area contributed by atoms with Crippen LogP contribution < -0.4 is 0 Å². The second kappa shape index (κ2) is 5.06. The molecule has 2 aromatic carbocycles. The summed E-state index contributed by atoms with van der Waals surface area (Å²) in [6, 6.07) is 14.5. The third-order valence-electron chi connectivity index (χ3n) is 3.57. The minimum absolute atomic E-state index is 0.0379. The van der Waals surface area contributed by atoms with E-state index in [0.717, 1.165) is 11.0 Å². The number of nitrogens with zero attached hydrogens (tertiary/aromatic N) is 3. The first-order chi connectivity index (χ1) is 11.2. The zero-order valence-corrected chi connectivity index (χ0v) is 11.8. The Kier molecular flexibility index (Phi) is 2.90. The molecular formula is C16H11N5O2. The summed E-state index contributed by atoms with van der Waals surface area (Å²) in [5, 5.41) is 25.6. The molecule has 3 N–H and O–H groups in total. The number of aromatic hydroxyl groups is 1. The van der Waals surface area contributed by atoms with Crippen LogP contribution in [0.2, 0.25) is 0 Å². The lowest BCUT2D eigenvalue weighted by molar-refractivity contribution is 0.0991. The van der Waals surface area contributed by atoms with Gasteiger partial charge in [0, 0.05) is 10.8 Å². The number of rotatable bonds is 2. The summed E-state index contributed by atoms with van der Waals surface area (Å²) in [4.78, 5) is 15.1. The second-order valence-corrected chi connectivity index (χ2v) is 4.99. The van der Waals surface area contributed by atoms with Gasteiger partial charge >= 0.3 is 5.91 Å². The van der Waals surface area contributed by atoms with Gasteiger partial charge in [-0.05, 0) is 18.2 Å². The fourth-order valence-corrected chi connectivity index (χ4v) is 2.45. The van der Waals surface area contributed by atoms with Crippen LogP contribution in [0.15, 0.2) is 58.8 Å². The van der Waals surface area contributed by atoms with Crippen LogP contribution in [-0.4, -0.2) is 26.2 Å². The molecule has 7 heteroatoms. The standard InChI is InChI=1S/C16H11N5O2/c22-14-10-6-2-3-7-11(10)17-15(14)20-21-16(23)13-9-5-1-4-8-12(9)18-19-13/h1-8,17,22H,(H,18,19). The van der Waals surface area contributed by atoms with E-state index in [4.69, 9.17) is 0 Å². The lowest BCUT2D eigenvalue weighted by atomic mass is 10.2. The highest BCUT2D eigenvalue weighted by Gasteiger charge is 2.14. The number of hydrogen-bond acceptors (Lipinski definition) is 4. The van der Waals surface area contributed by atoms with Gasteiger partial charge in [0.2, 0.25) is 0 Å². The van der Waals surface area contributed by atoms with Gasteiger partial charge in [0.1, 0.15) is 0 Å². The Morgan fingerprint density at radius 2 is 1.70 bits per heavy atom. The smallest absolute Gasteiger partial charge is 0.316 e. The number of azo groups is 1. The first-order valence-electron chi connectivity index (χ1n) is 6.93. The van der Waals surface area contributed by atoms with Gasteiger partial charge in [-0.2, -0.15) is 5.10 Å². The highest BCUT2D eigenvalue weighted by molar-refractivity contribution is 6.05. The van der Waals surface area contributed by atoms with Crippen molar-refractivity contribution in [3.8, 4) is 5.75 Å². The number of fused-ring (bicyclic) bond motifs is 2. The molecular weight excluding hydrogens is 294 g/mol. The SMILES string of the molecule is O=C(N=Nc1[nH]c2ccccc2c1O)c1n[nH]c2ccccc12. The molecule has 112 valence electrons. The molecule has 4 aromatic rings. The van der Waals surface area contributed by atoms with Gasteiger partial charge in [-0.1, -0.05) is 30.3 Å². The minimum Gasteiger partial charge on any atom is -0.504 e. The summed E-state index contributed by atoms with van der Waals surface area (Å²) >= 11 is 0. The molecule has 7 nitrogen and oxygen atoms in total. The van der Waals surface area contributed by atoms with Crippen molar-refractivity contribution in [1.82, 2.24) is 15.2 Å². The van der Waals surface area contributed by atoms with Crippen LogP contribution in [0.5, 0.6) is 5.75 Å². The van der Waals surface area contributed by atoms with Gasteiger partial charge in [-0.15, -0.1) is 10.2 Å². The molecule has 0 radical (unpaired) electrons. The van der Waals surface area contributed by atoms with Crippen LogP contribution in [0.3, 0.4) is 0 Å². The number of para-hydroxylation sites is 2. The van der Waals surface area contributed by atoms with Crippen molar-refractivity contribution < 1.29 is 9.90 Å². The Hall–Kier alpha value is -3.48. The third-order valence-corrected chi connectivity index (χ3v) is 3.57. The highest BCUT2D eigenvalue weighted by Crippen LogP contribution is 2.34. The van der Waals surface area contributed by atoms with Gasteiger partial charge in [0.15, 0.2) is 17.3 Å². The van der Waals surface area contributed by atoms with Gasteiger partial charge < -0.3 is 10.1 Å². The molecule has 0 aliphatic carbocycles. The van der Waals surface area contributed by atoms with Crippen LogP contribution in [-0.2, 0) is 0 Å². The van der Waals surface area contributed by atoms with E-state index in [9.17, 15) is 9.90 Å². The monoisotopic (exact) mass is 305 g/mol. The second-order valence-electron chi connectivity index (χ2n) is 4.99. The molecule has 4 rings (SSSR count). The maximum atomic E-state index is 12.2. The summed E-state index contributed by atoms with van der Waals surface area (Å²) in [5.74, 6) is -0.482. The van der Waals surface area contributed by atoms with Crippen LogP contribution in [0.25, 0.3) is 21.8 Å². The van der Waals surface area contributed by atoms with Crippen LogP contribution >= 0.6 is 0 Å². The Labute approximate surface area is 129 Å². The number of aromatic amines is 2. The molecule has 0 unspecified atom stereocenters. The Bertz CT molecular complexity index is 1060. The number of amides is 1. The van der Waals surface area contributed by atoms with Gasteiger partial charge in [-0.25, -0.2) is 0 Å². The average molecular weight is 305 g/mol. The normalized spacial score (nSPS) is 11.7. The topological polar surface area (TPSA) is 106 Å². The van der Waals surface area contributed by atoms with E-state index in [-0.39, 0.29) is 17.3 Å². The summed E-state index contributed by atoms with van der Waals surface area (Å²) < 4.78 is 0. The summed E-state index contributed by atoms with van der Waals surface area (Å²) in [6.45, 7) is 0. The maximum Gasteiger partial charge on any atom is 0.316 e. The Balaban J connectivity index is 1.70.